The zero-order chi connectivity index (χ0) is 22.5. The van der Waals surface area contributed by atoms with Gasteiger partial charge >= 0.3 is 0 Å². The van der Waals surface area contributed by atoms with E-state index < -0.39 is 0 Å². The molecular weight excluding hydrogens is 497 g/mol. The lowest BCUT2D eigenvalue weighted by molar-refractivity contribution is 0.390. The van der Waals surface area contributed by atoms with Crippen LogP contribution in [0, 0.1) is 13.8 Å². The van der Waals surface area contributed by atoms with Gasteiger partial charge in [-0.15, -0.1) is 27.8 Å². The Balaban J connectivity index is 1.37. The molecule has 0 bridgehead atoms. The third-order valence-corrected chi connectivity index (χ3v) is 8.98. The molecular formula is C20H16N8OS4. The number of imidazole rings is 1. The Morgan fingerprint density at radius 2 is 1.97 bits per heavy atom. The van der Waals surface area contributed by atoms with E-state index in [2.05, 4.69) is 41.6 Å². The molecule has 0 aliphatic carbocycles. The third kappa shape index (κ3) is 3.70. The highest BCUT2D eigenvalue weighted by molar-refractivity contribution is 8.08. The Hall–Kier alpha value is -2.87. The largest absolute Gasteiger partial charge is 0.361 e. The van der Waals surface area contributed by atoms with Crippen LogP contribution in [0.15, 0.2) is 40.1 Å². The van der Waals surface area contributed by atoms with Crippen LogP contribution in [0.3, 0.4) is 0 Å². The second-order valence-electron chi connectivity index (χ2n) is 7.36. The summed E-state index contributed by atoms with van der Waals surface area (Å²) in [6.45, 7) is 3.85. The van der Waals surface area contributed by atoms with Crippen LogP contribution in [0.4, 0.5) is 5.82 Å². The summed E-state index contributed by atoms with van der Waals surface area (Å²) in [6.07, 6.45) is 5.71. The van der Waals surface area contributed by atoms with Crippen molar-refractivity contribution in [3.8, 4) is 20.6 Å². The van der Waals surface area contributed by atoms with E-state index in [1.54, 1.807) is 40.8 Å². The van der Waals surface area contributed by atoms with E-state index >= 15 is 0 Å². The van der Waals surface area contributed by atoms with Crippen molar-refractivity contribution in [2.24, 2.45) is 7.05 Å². The molecule has 6 heterocycles. The first kappa shape index (κ1) is 20.7. The number of nitrogens with zero attached hydrogens (tertiary/aromatic N) is 8. The molecule has 0 N–H and O–H groups in total. The lowest BCUT2D eigenvalue weighted by Crippen LogP contribution is -2.17. The molecule has 1 atom stereocenters. The van der Waals surface area contributed by atoms with Crippen molar-refractivity contribution in [2.45, 2.75) is 19.2 Å². The predicted octanol–water partition coefficient (Wildman–Crippen LogP) is 5.37. The summed E-state index contributed by atoms with van der Waals surface area (Å²) in [7, 11) is 1.97. The number of rotatable bonds is 5. The molecule has 5 aromatic rings. The van der Waals surface area contributed by atoms with Gasteiger partial charge in [-0.25, -0.2) is 15.0 Å². The van der Waals surface area contributed by atoms with Gasteiger partial charge in [0.15, 0.2) is 0 Å². The topological polar surface area (TPSA) is 98.7 Å². The maximum absolute atomic E-state index is 5.38. The zero-order valence-electron chi connectivity index (χ0n) is 17.7. The molecule has 0 saturated carbocycles. The molecule has 0 radical (unpaired) electrons. The smallest absolute Gasteiger partial charge is 0.145 e. The predicted molar refractivity (Wildman–Crippen MR) is 132 cm³/mol. The van der Waals surface area contributed by atoms with Gasteiger partial charge in [0.1, 0.15) is 37.5 Å². The molecule has 1 aliphatic heterocycles. The lowest BCUT2D eigenvalue weighted by atomic mass is 10.3. The van der Waals surface area contributed by atoms with Gasteiger partial charge in [-0.05, 0) is 25.4 Å². The molecule has 9 nitrogen and oxygen atoms in total. The van der Waals surface area contributed by atoms with E-state index in [1.165, 1.54) is 11.5 Å². The van der Waals surface area contributed by atoms with Crippen LogP contribution < -0.4 is 4.90 Å². The summed E-state index contributed by atoms with van der Waals surface area (Å²) in [5, 5.41) is 14.3. The summed E-state index contributed by atoms with van der Waals surface area (Å²) in [5.41, 5.74) is 3.65. The molecule has 5 aromatic heterocycles. The number of anilines is 1. The minimum atomic E-state index is -0.102. The summed E-state index contributed by atoms with van der Waals surface area (Å²) < 4.78 is 11.4. The normalized spacial score (nSPS) is 16.0. The van der Waals surface area contributed by atoms with E-state index in [1.807, 2.05) is 37.7 Å². The van der Waals surface area contributed by atoms with Crippen LogP contribution in [-0.2, 0) is 7.05 Å². The third-order valence-electron chi connectivity index (χ3n) is 5.04. The number of thioether (sulfide) groups is 1. The van der Waals surface area contributed by atoms with Crippen LogP contribution in [0.2, 0.25) is 0 Å². The summed E-state index contributed by atoms with van der Waals surface area (Å²) in [4.78, 5) is 18.2. The Morgan fingerprint density at radius 3 is 2.70 bits per heavy atom. The number of aromatic nitrogens is 7. The molecule has 0 saturated heterocycles. The monoisotopic (exact) mass is 512 g/mol. The lowest BCUT2D eigenvalue weighted by Gasteiger charge is -2.20. The summed E-state index contributed by atoms with van der Waals surface area (Å²) in [6, 6.07) is 1.97. The van der Waals surface area contributed by atoms with Gasteiger partial charge in [-0.3, -0.25) is 0 Å². The second kappa shape index (κ2) is 8.17. The van der Waals surface area contributed by atoms with Crippen molar-refractivity contribution < 1.29 is 4.52 Å². The van der Waals surface area contributed by atoms with Gasteiger partial charge in [0.05, 0.1) is 34.5 Å². The van der Waals surface area contributed by atoms with Gasteiger partial charge < -0.3 is 14.0 Å². The number of aryl methyl sites for hydroxylation is 3. The zero-order valence-corrected chi connectivity index (χ0v) is 20.9. The molecule has 0 amide bonds. The van der Waals surface area contributed by atoms with Gasteiger partial charge in [-0.2, -0.15) is 0 Å². The van der Waals surface area contributed by atoms with Crippen LogP contribution >= 0.6 is 46.0 Å². The van der Waals surface area contributed by atoms with Crippen LogP contribution in [0.5, 0.6) is 0 Å². The van der Waals surface area contributed by atoms with Crippen molar-refractivity contribution in [1.29, 1.82) is 0 Å². The van der Waals surface area contributed by atoms with Crippen molar-refractivity contribution in [3.05, 3.63) is 58.4 Å². The maximum Gasteiger partial charge on any atom is 0.145 e. The first-order valence-electron chi connectivity index (χ1n) is 9.84. The van der Waals surface area contributed by atoms with E-state index in [0.717, 1.165) is 54.2 Å². The van der Waals surface area contributed by atoms with Gasteiger partial charge in [0.2, 0.25) is 0 Å². The molecule has 1 aliphatic rings. The van der Waals surface area contributed by atoms with Gasteiger partial charge in [0.25, 0.3) is 0 Å². The molecule has 13 heteroatoms. The Bertz CT molecular complexity index is 1470. The highest BCUT2D eigenvalue weighted by atomic mass is 32.2. The Labute approximate surface area is 205 Å². The van der Waals surface area contributed by atoms with Crippen LogP contribution in [0.1, 0.15) is 28.2 Å². The molecule has 0 spiro atoms. The molecule has 166 valence electrons. The van der Waals surface area contributed by atoms with Crippen LogP contribution in [-0.4, -0.2) is 34.3 Å². The van der Waals surface area contributed by atoms with Crippen molar-refractivity contribution in [3.63, 3.8) is 0 Å². The van der Waals surface area contributed by atoms with Crippen molar-refractivity contribution in [1.82, 2.24) is 34.3 Å². The molecule has 0 aromatic carbocycles. The average molecular weight is 513 g/mol. The van der Waals surface area contributed by atoms with E-state index in [-0.39, 0.29) is 5.37 Å². The summed E-state index contributed by atoms with van der Waals surface area (Å²) >= 11 is 6.24. The second-order valence-corrected chi connectivity index (χ2v) is 11.0. The van der Waals surface area contributed by atoms with Gasteiger partial charge in [0, 0.05) is 30.1 Å². The number of hydrogen-bond acceptors (Lipinski definition) is 12. The molecule has 0 fully saturated rings. The maximum atomic E-state index is 5.38. The summed E-state index contributed by atoms with van der Waals surface area (Å²) in [5.74, 6) is 1.62. The first-order valence-corrected chi connectivity index (χ1v) is 13.3. The Morgan fingerprint density at radius 1 is 1.09 bits per heavy atom. The van der Waals surface area contributed by atoms with E-state index in [4.69, 9.17) is 14.5 Å². The SMILES string of the molecule is Cc1cc(C2SC(c3csc(-c4cncn4C)n3)=CN2c2csc(-c3snnc3C)n2)no1. The van der Waals surface area contributed by atoms with Crippen molar-refractivity contribution >= 4 is 56.7 Å². The fraction of sp³-hybridized carbons (Fsp3) is 0.200. The first-order chi connectivity index (χ1) is 16.1. The quantitative estimate of drug-likeness (QED) is 0.307. The molecule has 33 heavy (non-hydrogen) atoms. The van der Waals surface area contributed by atoms with Crippen LogP contribution in [0.25, 0.3) is 25.5 Å². The average Bonchev–Trinajstić information content (AvgIpc) is 3.59. The highest BCUT2D eigenvalue weighted by Crippen LogP contribution is 2.50. The standard InChI is InChI=1S/C20H16N8OS4/c1-10-4-12(25-29-10)20-28(16-8-31-19(23-16)17-11(2)24-26-33-17)6-15(32-20)13-7-30-18(22-13)14-5-21-9-27(14)3/h4-9,20H,1-3H3. The highest BCUT2D eigenvalue weighted by Gasteiger charge is 2.33. The van der Waals surface area contributed by atoms with Crippen molar-refractivity contribution in [2.75, 3.05) is 4.90 Å². The van der Waals surface area contributed by atoms with Gasteiger partial charge in [-0.1, -0.05) is 21.4 Å². The number of thiazole rings is 2. The minimum Gasteiger partial charge on any atom is -0.361 e. The molecule has 1 unspecified atom stereocenters. The minimum absolute atomic E-state index is 0.102. The van der Waals surface area contributed by atoms with E-state index in [9.17, 15) is 0 Å². The fourth-order valence-corrected chi connectivity index (χ4v) is 7.09. The van der Waals surface area contributed by atoms with E-state index in [0.29, 0.717) is 0 Å². The Kier molecular flexibility index (Phi) is 5.13. The fourth-order valence-electron chi connectivity index (χ4n) is 3.40. The molecule has 6 rings (SSSR count). The number of hydrogen-bond donors (Lipinski definition) is 0.